The van der Waals surface area contributed by atoms with E-state index in [2.05, 4.69) is 42.5 Å². The van der Waals surface area contributed by atoms with E-state index < -0.39 is 5.97 Å². The van der Waals surface area contributed by atoms with Gasteiger partial charge in [0.05, 0.1) is 24.4 Å². The van der Waals surface area contributed by atoms with Crippen molar-refractivity contribution < 1.29 is 14.3 Å². The number of esters is 1. The Labute approximate surface area is 133 Å². The highest BCUT2D eigenvalue weighted by atomic mass is 79.9. The maximum Gasteiger partial charge on any atom is 0.340 e. The Hall–Kier alpha value is -0.920. The molecule has 2 rings (SSSR count). The number of nitrogens with one attached hydrogen (secondary N) is 2. The van der Waals surface area contributed by atoms with E-state index in [0.717, 1.165) is 23.9 Å². The fraction of sp³-hybridized carbons (Fsp3) is 0.385. The number of amides is 1. The van der Waals surface area contributed by atoms with Crippen LogP contribution in [0.4, 0.5) is 5.69 Å². The molecule has 1 aliphatic heterocycles. The van der Waals surface area contributed by atoms with Crippen LogP contribution in [0.15, 0.2) is 21.1 Å². The van der Waals surface area contributed by atoms with E-state index in [0.29, 0.717) is 15.7 Å². The van der Waals surface area contributed by atoms with Crippen molar-refractivity contribution in [2.24, 2.45) is 0 Å². The number of rotatable bonds is 3. The minimum Gasteiger partial charge on any atom is -0.465 e. The van der Waals surface area contributed by atoms with Crippen molar-refractivity contribution >= 4 is 49.4 Å². The number of carbonyl (C=O) groups excluding carboxylic acids is 2. The molecule has 1 saturated heterocycles. The molecule has 0 bridgehead atoms. The van der Waals surface area contributed by atoms with Crippen molar-refractivity contribution in [2.45, 2.75) is 18.9 Å². The first-order chi connectivity index (χ1) is 9.52. The molecule has 108 valence electrons. The minimum absolute atomic E-state index is 0.143. The van der Waals surface area contributed by atoms with Gasteiger partial charge in [-0.2, -0.15) is 0 Å². The molecule has 0 saturated carbocycles. The number of ether oxygens (including phenoxy) is 1. The summed E-state index contributed by atoms with van der Waals surface area (Å²) in [5.74, 6) is -0.641. The normalized spacial score (nSPS) is 17.9. The molecule has 1 fully saturated rings. The van der Waals surface area contributed by atoms with Crippen molar-refractivity contribution in [1.29, 1.82) is 0 Å². The second-order valence-corrected chi connectivity index (χ2v) is 6.21. The molecule has 1 atom stereocenters. The van der Waals surface area contributed by atoms with E-state index in [-0.39, 0.29) is 11.9 Å². The Kier molecular flexibility index (Phi) is 5.17. The fourth-order valence-electron chi connectivity index (χ4n) is 2.09. The van der Waals surface area contributed by atoms with Crippen molar-refractivity contribution in [3.63, 3.8) is 0 Å². The average Bonchev–Trinajstić information content (AvgIpc) is 2.94. The van der Waals surface area contributed by atoms with Crippen molar-refractivity contribution in [3.05, 3.63) is 26.6 Å². The standard InChI is InChI=1S/C13H14Br2N2O3/c1-20-13(19)8-5-7(14)6-9(15)11(8)17-12(18)10-3-2-4-16-10/h5-6,10,16H,2-4H2,1H3,(H,17,18)/t10-/m1/s1. The summed E-state index contributed by atoms with van der Waals surface area (Å²) in [6.07, 6.45) is 1.77. The summed E-state index contributed by atoms with van der Waals surface area (Å²) in [6, 6.07) is 3.18. The molecular formula is C13H14Br2N2O3. The van der Waals surface area contributed by atoms with Crippen LogP contribution in [0.5, 0.6) is 0 Å². The summed E-state index contributed by atoms with van der Waals surface area (Å²) >= 11 is 6.67. The Bertz CT molecular complexity index is 543. The van der Waals surface area contributed by atoms with Gasteiger partial charge >= 0.3 is 5.97 Å². The summed E-state index contributed by atoms with van der Waals surface area (Å²) in [7, 11) is 1.31. The molecule has 1 amide bonds. The van der Waals surface area contributed by atoms with Gasteiger partial charge in [-0.15, -0.1) is 0 Å². The molecule has 1 aliphatic rings. The molecule has 5 nitrogen and oxygen atoms in total. The Morgan fingerprint density at radius 2 is 2.15 bits per heavy atom. The smallest absolute Gasteiger partial charge is 0.340 e. The largest absolute Gasteiger partial charge is 0.465 e. The lowest BCUT2D eigenvalue weighted by Crippen LogP contribution is -2.36. The number of benzene rings is 1. The molecule has 0 spiro atoms. The van der Waals surface area contributed by atoms with E-state index in [9.17, 15) is 9.59 Å². The summed E-state index contributed by atoms with van der Waals surface area (Å²) in [4.78, 5) is 24.0. The molecule has 7 heteroatoms. The van der Waals surface area contributed by atoms with E-state index in [1.807, 2.05) is 0 Å². The third kappa shape index (κ3) is 3.39. The number of halogens is 2. The van der Waals surface area contributed by atoms with Crippen LogP contribution < -0.4 is 10.6 Å². The quantitative estimate of drug-likeness (QED) is 0.758. The van der Waals surface area contributed by atoms with Crippen LogP contribution in [0.2, 0.25) is 0 Å². The Morgan fingerprint density at radius 1 is 1.40 bits per heavy atom. The van der Waals surface area contributed by atoms with E-state index in [1.54, 1.807) is 12.1 Å². The molecule has 20 heavy (non-hydrogen) atoms. The fourth-order valence-corrected chi connectivity index (χ4v) is 3.41. The summed E-state index contributed by atoms with van der Waals surface area (Å²) in [6.45, 7) is 0.837. The van der Waals surface area contributed by atoms with Crippen LogP contribution in [0.3, 0.4) is 0 Å². The zero-order valence-electron chi connectivity index (χ0n) is 10.8. The second-order valence-electron chi connectivity index (χ2n) is 4.44. The minimum atomic E-state index is -0.498. The van der Waals surface area contributed by atoms with Crippen LogP contribution in [-0.2, 0) is 9.53 Å². The highest BCUT2D eigenvalue weighted by Gasteiger charge is 2.25. The third-order valence-corrected chi connectivity index (χ3v) is 4.17. The predicted molar refractivity (Wildman–Crippen MR) is 82.8 cm³/mol. The van der Waals surface area contributed by atoms with Gasteiger partial charge in [-0.3, -0.25) is 4.79 Å². The molecular weight excluding hydrogens is 392 g/mol. The average molecular weight is 406 g/mol. The lowest BCUT2D eigenvalue weighted by molar-refractivity contribution is -0.117. The van der Waals surface area contributed by atoms with Gasteiger partial charge in [0.15, 0.2) is 0 Å². The van der Waals surface area contributed by atoms with Gasteiger partial charge in [-0.25, -0.2) is 4.79 Å². The zero-order valence-corrected chi connectivity index (χ0v) is 14.0. The summed E-state index contributed by atoms with van der Waals surface area (Å²) in [5, 5.41) is 5.91. The van der Waals surface area contributed by atoms with Gasteiger partial charge in [-0.1, -0.05) is 15.9 Å². The summed E-state index contributed by atoms with van der Waals surface area (Å²) in [5.41, 5.74) is 0.735. The van der Waals surface area contributed by atoms with Gasteiger partial charge in [0.25, 0.3) is 0 Å². The van der Waals surface area contributed by atoms with Crippen molar-refractivity contribution in [1.82, 2.24) is 5.32 Å². The Morgan fingerprint density at radius 3 is 2.75 bits per heavy atom. The van der Waals surface area contributed by atoms with Gasteiger partial charge in [-0.05, 0) is 47.4 Å². The highest BCUT2D eigenvalue weighted by Crippen LogP contribution is 2.31. The zero-order chi connectivity index (χ0) is 14.7. The van der Waals surface area contributed by atoms with Gasteiger partial charge < -0.3 is 15.4 Å². The van der Waals surface area contributed by atoms with Crippen LogP contribution in [-0.4, -0.2) is 31.6 Å². The summed E-state index contributed by atoms with van der Waals surface area (Å²) < 4.78 is 6.09. The molecule has 0 aromatic heterocycles. The first-order valence-corrected chi connectivity index (χ1v) is 7.73. The van der Waals surface area contributed by atoms with Crippen LogP contribution in [0, 0.1) is 0 Å². The van der Waals surface area contributed by atoms with Crippen LogP contribution in [0.25, 0.3) is 0 Å². The number of hydrogen-bond acceptors (Lipinski definition) is 4. The molecule has 1 aromatic carbocycles. The first kappa shape index (κ1) is 15.5. The number of hydrogen-bond donors (Lipinski definition) is 2. The topological polar surface area (TPSA) is 67.4 Å². The molecule has 0 radical (unpaired) electrons. The molecule has 0 unspecified atom stereocenters. The number of methoxy groups -OCH3 is 1. The van der Waals surface area contributed by atoms with Gasteiger partial charge in [0, 0.05) is 8.95 Å². The van der Waals surface area contributed by atoms with E-state index in [4.69, 9.17) is 4.74 Å². The van der Waals surface area contributed by atoms with Gasteiger partial charge in [0.1, 0.15) is 0 Å². The van der Waals surface area contributed by atoms with Gasteiger partial charge in [0.2, 0.25) is 5.91 Å². The lowest BCUT2D eigenvalue weighted by atomic mass is 10.1. The maximum absolute atomic E-state index is 12.2. The van der Waals surface area contributed by atoms with Crippen LogP contribution in [0.1, 0.15) is 23.2 Å². The molecule has 0 aliphatic carbocycles. The molecule has 1 heterocycles. The molecule has 1 aromatic rings. The van der Waals surface area contributed by atoms with E-state index >= 15 is 0 Å². The number of anilines is 1. The predicted octanol–water partition coefficient (Wildman–Crippen LogP) is 2.69. The second kappa shape index (κ2) is 6.69. The Balaban J connectivity index is 2.29. The third-order valence-electron chi connectivity index (χ3n) is 3.09. The first-order valence-electron chi connectivity index (χ1n) is 6.14. The van der Waals surface area contributed by atoms with Crippen molar-refractivity contribution in [3.8, 4) is 0 Å². The lowest BCUT2D eigenvalue weighted by Gasteiger charge is -2.15. The molecule has 2 N–H and O–H groups in total. The van der Waals surface area contributed by atoms with Crippen LogP contribution >= 0.6 is 31.9 Å². The number of carbonyl (C=O) groups is 2. The monoisotopic (exact) mass is 404 g/mol. The van der Waals surface area contributed by atoms with E-state index in [1.165, 1.54) is 7.11 Å². The SMILES string of the molecule is COC(=O)c1cc(Br)cc(Br)c1NC(=O)[C@H]1CCCN1. The highest BCUT2D eigenvalue weighted by molar-refractivity contribution is 9.11. The maximum atomic E-state index is 12.2. The van der Waals surface area contributed by atoms with Crippen molar-refractivity contribution in [2.75, 3.05) is 19.0 Å².